The standard InChI is InChI=1S/C17H26N2O/c18-12-17(8-3-11-20-14-17)13-19-9-6-15-4-1-2-5-16(15)7-10-19/h1-2,4-5H,3,6-14,18H2. The quantitative estimate of drug-likeness (QED) is 0.914. The van der Waals surface area contributed by atoms with Crippen molar-refractivity contribution in [1.29, 1.82) is 0 Å². The van der Waals surface area contributed by atoms with E-state index < -0.39 is 0 Å². The molecule has 2 N–H and O–H groups in total. The molecular formula is C17H26N2O. The predicted octanol–water partition coefficient (Wildman–Crippen LogP) is 1.84. The van der Waals surface area contributed by atoms with Gasteiger partial charge < -0.3 is 15.4 Å². The van der Waals surface area contributed by atoms with E-state index in [-0.39, 0.29) is 5.41 Å². The molecule has 1 unspecified atom stereocenters. The van der Waals surface area contributed by atoms with Gasteiger partial charge in [0.25, 0.3) is 0 Å². The molecule has 2 heterocycles. The Hall–Kier alpha value is -0.900. The van der Waals surface area contributed by atoms with Crippen molar-refractivity contribution in [2.75, 3.05) is 39.4 Å². The lowest BCUT2D eigenvalue weighted by atomic mass is 9.82. The van der Waals surface area contributed by atoms with Crippen LogP contribution in [0.3, 0.4) is 0 Å². The van der Waals surface area contributed by atoms with Crippen LogP contribution in [0.5, 0.6) is 0 Å². The molecule has 2 aliphatic heterocycles. The molecule has 20 heavy (non-hydrogen) atoms. The smallest absolute Gasteiger partial charge is 0.0546 e. The molecule has 2 aliphatic rings. The topological polar surface area (TPSA) is 38.5 Å². The van der Waals surface area contributed by atoms with Crippen molar-refractivity contribution in [2.45, 2.75) is 25.7 Å². The molecule has 1 saturated heterocycles. The summed E-state index contributed by atoms with van der Waals surface area (Å²) < 4.78 is 5.70. The van der Waals surface area contributed by atoms with Gasteiger partial charge in [0.05, 0.1) is 6.61 Å². The summed E-state index contributed by atoms with van der Waals surface area (Å²) in [6, 6.07) is 8.87. The highest BCUT2D eigenvalue weighted by Crippen LogP contribution is 2.29. The summed E-state index contributed by atoms with van der Waals surface area (Å²) in [6.07, 6.45) is 4.70. The number of fused-ring (bicyclic) bond motifs is 1. The lowest BCUT2D eigenvalue weighted by Gasteiger charge is -2.39. The Balaban J connectivity index is 1.64. The molecule has 0 radical (unpaired) electrons. The summed E-state index contributed by atoms with van der Waals surface area (Å²) in [4.78, 5) is 2.60. The Morgan fingerprint density at radius 1 is 1.15 bits per heavy atom. The monoisotopic (exact) mass is 274 g/mol. The number of nitrogens with zero attached hydrogens (tertiary/aromatic N) is 1. The molecule has 1 aromatic carbocycles. The van der Waals surface area contributed by atoms with Crippen molar-refractivity contribution >= 4 is 0 Å². The first kappa shape index (κ1) is 14.1. The number of benzene rings is 1. The second kappa shape index (κ2) is 6.25. The lowest BCUT2D eigenvalue weighted by Crippen LogP contribution is -2.48. The van der Waals surface area contributed by atoms with Gasteiger partial charge in [-0.1, -0.05) is 24.3 Å². The van der Waals surface area contributed by atoms with E-state index in [2.05, 4.69) is 29.2 Å². The van der Waals surface area contributed by atoms with E-state index in [0.717, 1.165) is 58.7 Å². The van der Waals surface area contributed by atoms with Crippen molar-refractivity contribution in [3.8, 4) is 0 Å². The number of hydrogen-bond acceptors (Lipinski definition) is 3. The molecular weight excluding hydrogens is 248 g/mol. The van der Waals surface area contributed by atoms with Crippen molar-refractivity contribution in [3.05, 3.63) is 35.4 Å². The molecule has 0 aromatic heterocycles. The van der Waals surface area contributed by atoms with Gasteiger partial charge in [0.15, 0.2) is 0 Å². The molecule has 0 saturated carbocycles. The molecule has 0 spiro atoms. The third-order valence-electron chi connectivity index (χ3n) is 4.91. The van der Waals surface area contributed by atoms with E-state index in [4.69, 9.17) is 10.5 Å². The molecule has 3 rings (SSSR count). The van der Waals surface area contributed by atoms with Crippen LogP contribution in [-0.4, -0.2) is 44.3 Å². The first-order valence-corrected chi connectivity index (χ1v) is 7.88. The molecule has 0 aliphatic carbocycles. The van der Waals surface area contributed by atoms with Crippen LogP contribution in [0.1, 0.15) is 24.0 Å². The van der Waals surface area contributed by atoms with Crippen LogP contribution >= 0.6 is 0 Å². The maximum Gasteiger partial charge on any atom is 0.0546 e. The van der Waals surface area contributed by atoms with Crippen LogP contribution in [0.2, 0.25) is 0 Å². The second-order valence-corrected chi connectivity index (χ2v) is 6.41. The van der Waals surface area contributed by atoms with Gasteiger partial charge in [-0.05, 0) is 36.8 Å². The zero-order chi connectivity index (χ0) is 13.8. The minimum absolute atomic E-state index is 0.189. The van der Waals surface area contributed by atoms with Crippen molar-refractivity contribution in [3.63, 3.8) is 0 Å². The Morgan fingerprint density at radius 3 is 2.40 bits per heavy atom. The summed E-state index contributed by atoms with van der Waals surface area (Å²) in [5.74, 6) is 0. The fourth-order valence-corrected chi connectivity index (χ4v) is 3.61. The van der Waals surface area contributed by atoms with E-state index in [9.17, 15) is 0 Å². The first-order chi connectivity index (χ1) is 9.81. The molecule has 3 heteroatoms. The van der Waals surface area contributed by atoms with Gasteiger partial charge in [0, 0.05) is 38.2 Å². The fourth-order valence-electron chi connectivity index (χ4n) is 3.61. The van der Waals surface area contributed by atoms with E-state index in [1.54, 1.807) is 0 Å². The second-order valence-electron chi connectivity index (χ2n) is 6.41. The molecule has 0 bridgehead atoms. The van der Waals surface area contributed by atoms with Gasteiger partial charge in [-0.2, -0.15) is 0 Å². The highest BCUT2D eigenvalue weighted by atomic mass is 16.5. The molecule has 0 amide bonds. The normalized spacial score (nSPS) is 27.9. The van der Waals surface area contributed by atoms with Crippen molar-refractivity contribution < 1.29 is 4.74 Å². The summed E-state index contributed by atoms with van der Waals surface area (Å²) in [7, 11) is 0. The summed E-state index contributed by atoms with van der Waals surface area (Å²) in [5.41, 5.74) is 9.31. The molecule has 1 atom stereocenters. The van der Waals surface area contributed by atoms with Crippen LogP contribution in [0.4, 0.5) is 0 Å². The van der Waals surface area contributed by atoms with Crippen LogP contribution < -0.4 is 5.73 Å². The number of nitrogens with two attached hydrogens (primary N) is 1. The van der Waals surface area contributed by atoms with Gasteiger partial charge >= 0.3 is 0 Å². The van der Waals surface area contributed by atoms with E-state index in [1.807, 2.05) is 0 Å². The SMILES string of the molecule is NCC1(CN2CCc3ccccc3CC2)CCCOC1. The minimum atomic E-state index is 0.189. The maximum atomic E-state index is 6.07. The van der Waals surface area contributed by atoms with Gasteiger partial charge in [-0.25, -0.2) is 0 Å². The zero-order valence-electron chi connectivity index (χ0n) is 12.3. The number of rotatable bonds is 3. The predicted molar refractivity (Wildman–Crippen MR) is 81.8 cm³/mol. The molecule has 110 valence electrons. The zero-order valence-corrected chi connectivity index (χ0v) is 12.3. The fraction of sp³-hybridized carbons (Fsp3) is 0.647. The number of hydrogen-bond donors (Lipinski definition) is 1. The van der Waals surface area contributed by atoms with Crippen LogP contribution in [-0.2, 0) is 17.6 Å². The van der Waals surface area contributed by atoms with Crippen LogP contribution in [0.25, 0.3) is 0 Å². The van der Waals surface area contributed by atoms with Crippen LogP contribution in [0.15, 0.2) is 24.3 Å². The van der Waals surface area contributed by atoms with E-state index in [1.165, 1.54) is 17.5 Å². The summed E-state index contributed by atoms with van der Waals surface area (Å²) in [6.45, 7) is 5.89. The summed E-state index contributed by atoms with van der Waals surface area (Å²) in [5, 5.41) is 0. The third-order valence-corrected chi connectivity index (χ3v) is 4.91. The molecule has 1 aromatic rings. The van der Waals surface area contributed by atoms with Crippen LogP contribution in [0, 0.1) is 5.41 Å². The lowest BCUT2D eigenvalue weighted by molar-refractivity contribution is -0.0212. The number of ether oxygens (including phenoxy) is 1. The van der Waals surface area contributed by atoms with E-state index in [0.29, 0.717) is 0 Å². The highest BCUT2D eigenvalue weighted by Gasteiger charge is 2.33. The third kappa shape index (κ3) is 3.05. The average Bonchev–Trinajstić information content (AvgIpc) is 2.71. The van der Waals surface area contributed by atoms with Gasteiger partial charge in [0.2, 0.25) is 0 Å². The molecule has 1 fully saturated rings. The molecule has 3 nitrogen and oxygen atoms in total. The van der Waals surface area contributed by atoms with Gasteiger partial charge in [0.1, 0.15) is 0 Å². The largest absolute Gasteiger partial charge is 0.381 e. The van der Waals surface area contributed by atoms with Crippen molar-refractivity contribution in [1.82, 2.24) is 4.90 Å². The van der Waals surface area contributed by atoms with Gasteiger partial charge in [-0.15, -0.1) is 0 Å². The average molecular weight is 274 g/mol. The minimum Gasteiger partial charge on any atom is -0.381 e. The highest BCUT2D eigenvalue weighted by molar-refractivity contribution is 5.28. The Bertz CT molecular complexity index is 413. The Labute approximate surface area is 122 Å². The Kier molecular flexibility index (Phi) is 4.39. The van der Waals surface area contributed by atoms with Gasteiger partial charge in [-0.3, -0.25) is 0 Å². The van der Waals surface area contributed by atoms with Crippen molar-refractivity contribution in [2.24, 2.45) is 11.1 Å². The summed E-state index contributed by atoms with van der Waals surface area (Å²) >= 11 is 0. The maximum absolute atomic E-state index is 6.07. The Morgan fingerprint density at radius 2 is 1.85 bits per heavy atom. The van der Waals surface area contributed by atoms with E-state index >= 15 is 0 Å². The first-order valence-electron chi connectivity index (χ1n) is 7.88.